The first-order valence-electron chi connectivity index (χ1n) is 11.4. The van der Waals surface area contributed by atoms with E-state index in [1.165, 1.54) is 56.9 Å². The highest BCUT2D eigenvalue weighted by atomic mass is 16.5. The molecule has 1 aliphatic heterocycles. The summed E-state index contributed by atoms with van der Waals surface area (Å²) in [7, 11) is 0. The number of hydrogen-bond acceptors (Lipinski definition) is 2. The largest absolute Gasteiger partial charge is 0.457 e. The summed E-state index contributed by atoms with van der Waals surface area (Å²) in [5.41, 5.74) is 4.77. The molecule has 0 unspecified atom stereocenters. The van der Waals surface area contributed by atoms with Gasteiger partial charge in [-0.1, -0.05) is 31.4 Å². The molecule has 0 bridgehead atoms. The molecule has 2 aliphatic rings. The standard InChI is InChI=1S/C26H34N2O/c1-20-18-26(21(2)17-25(20)27-19-28-15-7-4-8-16-28)29-24-13-11-23(12-14-24)22-9-5-3-6-10-22/h11-14,17-19,22H,3-10,15-16H2,1-2H3/b27-19+. The molecular formula is C26H34N2O. The summed E-state index contributed by atoms with van der Waals surface area (Å²) < 4.78 is 6.22. The van der Waals surface area contributed by atoms with E-state index in [-0.39, 0.29) is 0 Å². The lowest BCUT2D eigenvalue weighted by Crippen LogP contribution is -2.28. The van der Waals surface area contributed by atoms with Crippen LogP contribution >= 0.6 is 0 Å². The Kier molecular flexibility index (Phi) is 6.53. The van der Waals surface area contributed by atoms with Gasteiger partial charge in [0.2, 0.25) is 0 Å². The summed E-state index contributed by atoms with van der Waals surface area (Å²) in [5, 5.41) is 0. The van der Waals surface area contributed by atoms with Gasteiger partial charge < -0.3 is 9.64 Å². The van der Waals surface area contributed by atoms with Crippen LogP contribution < -0.4 is 4.74 Å². The zero-order chi connectivity index (χ0) is 20.1. The number of benzene rings is 2. The summed E-state index contributed by atoms with van der Waals surface area (Å²) in [5.74, 6) is 2.57. The van der Waals surface area contributed by atoms with Crippen LogP contribution in [0.5, 0.6) is 11.5 Å². The highest BCUT2D eigenvalue weighted by Crippen LogP contribution is 2.35. The second-order valence-electron chi connectivity index (χ2n) is 8.75. The van der Waals surface area contributed by atoms with Crippen LogP contribution in [-0.4, -0.2) is 24.3 Å². The number of hydrogen-bond donors (Lipinski definition) is 0. The Balaban J connectivity index is 1.43. The van der Waals surface area contributed by atoms with Crippen LogP contribution in [0.15, 0.2) is 41.4 Å². The lowest BCUT2D eigenvalue weighted by Gasteiger charge is -2.24. The minimum Gasteiger partial charge on any atom is -0.457 e. The fourth-order valence-electron chi connectivity index (χ4n) is 4.57. The molecule has 0 N–H and O–H groups in total. The first kappa shape index (κ1) is 20.0. The zero-order valence-electron chi connectivity index (χ0n) is 18.0. The average molecular weight is 391 g/mol. The molecule has 1 saturated heterocycles. The smallest absolute Gasteiger partial charge is 0.130 e. The SMILES string of the molecule is Cc1cc(Oc2ccc(C3CCCCC3)cc2)c(C)cc1/N=C/N1CCCCC1. The monoisotopic (exact) mass is 390 g/mol. The van der Waals surface area contributed by atoms with E-state index < -0.39 is 0 Å². The van der Waals surface area contributed by atoms with Crippen LogP contribution in [0.3, 0.4) is 0 Å². The quantitative estimate of drug-likeness (QED) is 0.395. The van der Waals surface area contributed by atoms with E-state index in [0.29, 0.717) is 0 Å². The van der Waals surface area contributed by atoms with E-state index in [0.717, 1.165) is 47.3 Å². The molecule has 3 nitrogen and oxygen atoms in total. The van der Waals surface area contributed by atoms with Crippen molar-refractivity contribution in [3.05, 3.63) is 53.1 Å². The van der Waals surface area contributed by atoms with E-state index in [1.54, 1.807) is 0 Å². The number of ether oxygens (including phenoxy) is 1. The molecule has 0 atom stereocenters. The Bertz CT molecular complexity index is 829. The number of aliphatic imine (C=N–C) groups is 1. The van der Waals surface area contributed by atoms with E-state index in [4.69, 9.17) is 9.73 Å². The van der Waals surface area contributed by atoms with E-state index in [1.807, 2.05) is 6.34 Å². The molecule has 0 spiro atoms. The third-order valence-electron chi connectivity index (χ3n) is 6.43. The van der Waals surface area contributed by atoms with Gasteiger partial charge in [0.25, 0.3) is 0 Å². The Morgan fingerprint density at radius 2 is 1.55 bits per heavy atom. The number of piperidine rings is 1. The van der Waals surface area contributed by atoms with Gasteiger partial charge in [-0.2, -0.15) is 0 Å². The van der Waals surface area contributed by atoms with Gasteiger partial charge in [-0.15, -0.1) is 0 Å². The molecule has 2 aromatic rings. The van der Waals surface area contributed by atoms with Crippen molar-refractivity contribution < 1.29 is 4.74 Å². The lowest BCUT2D eigenvalue weighted by atomic mass is 9.84. The highest BCUT2D eigenvalue weighted by molar-refractivity contribution is 5.65. The minimum absolute atomic E-state index is 0.735. The molecule has 0 radical (unpaired) electrons. The topological polar surface area (TPSA) is 24.8 Å². The van der Waals surface area contributed by atoms with Gasteiger partial charge in [0.15, 0.2) is 0 Å². The molecule has 4 rings (SSSR count). The Labute approximate surface area is 175 Å². The molecule has 1 aliphatic carbocycles. The zero-order valence-corrected chi connectivity index (χ0v) is 18.0. The number of aryl methyl sites for hydroxylation is 2. The maximum atomic E-state index is 6.22. The highest BCUT2D eigenvalue weighted by Gasteiger charge is 2.15. The van der Waals surface area contributed by atoms with Crippen LogP contribution in [-0.2, 0) is 0 Å². The van der Waals surface area contributed by atoms with Crippen LogP contribution in [0.1, 0.15) is 74.0 Å². The molecule has 2 fully saturated rings. The van der Waals surface area contributed by atoms with Crippen molar-refractivity contribution >= 4 is 12.0 Å². The van der Waals surface area contributed by atoms with Gasteiger partial charge in [0, 0.05) is 13.1 Å². The molecule has 1 heterocycles. The normalized spacial score (nSPS) is 18.3. The van der Waals surface area contributed by atoms with E-state index in [9.17, 15) is 0 Å². The summed E-state index contributed by atoms with van der Waals surface area (Å²) in [6.45, 7) is 6.46. The predicted molar refractivity (Wildman–Crippen MR) is 122 cm³/mol. The van der Waals surface area contributed by atoms with Crippen LogP contribution in [0, 0.1) is 13.8 Å². The fourth-order valence-corrected chi connectivity index (χ4v) is 4.57. The van der Waals surface area contributed by atoms with Gasteiger partial charge in [0.05, 0.1) is 12.0 Å². The van der Waals surface area contributed by atoms with Crippen molar-refractivity contribution in [2.45, 2.75) is 71.1 Å². The number of rotatable bonds is 5. The van der Waals surface area contributed by atoms with Crippen molar-refractivity contribution in [1.29, 1.82) is 0 Å². The van der Waals surface area contributed by atoms with Crippen molar-refractivity contribution in [3.63, 3.8) is 0 Å². The van der Waals surface area contributed by atoms with Crippen molar-refractivity contribution in [2.75, 3.05) is 13.1 Å². The third kappa shape index (κ3) is 5.20. The second kappa shape index (κ2) is 9.47. The molecule has 0 amide bonds. The Hall–Kier alpha value is -2.29. The molecule has 3 heteroatoms. The summed E-state index contributed by atoms with van der Waals surface area (Å²) in [6.07, 6.45) is 12.7. The van der Waals surface area contributed by atoms with Crippen molar-refractivity contribution in [1.82, 2.24) is 4.90 Å². The first-order chi connectivity index (χ1) is 14.2. The molecule has 154 valence electrons. The van der Waals surface area contributed by atoms with Crippen molar-refractivity contribution in [2.24, 2.45) is 4.99 Å². The molecular weight excluding hydrogens is 356 g/mol. The maximum absolute atomic E-state index is 6.22. The summed E-state index contributed by atoms with van der Waals surface area (Å²) in [6, 6.07) is 13.0. The lowest BCUT2D eigenvalue weighted by molar-refractivity contribution is 0.351. The van der Waals surface area contributed by atoms with Gasteiger partial charge in [-0.25, -0.2) is 4.99 Å². The van der Waals surface area contributed by atoms with Gasteiger partial charge in [0.1, 0.15) is 11.5 Å². The van der Waals surface area contributed by atoms with E-state index in [2.05, 4.69) is 55.1 Å². The third-order valence-corrected chi connectivity index (χ3v) is 6.43. The fraction of sp³-hybridized carbons (Fsp3) is 0.500. The van der Waals surface area contributed by atoms with Gasteiger partial charge in [-0.05, 0) is 92.8 Å². The van der Waals surface area contributed by atoms with Gasteiger partial charge in [-0.3, -0.25) is 0 Å². The Morgan fingerprint density at radius 1 is 0.862 bits per heavy atom. The van der Waals surface area contributed by atoms with Crippen LogP contribution in [0.25, 0.3) is 0 Å². The maximum Gasteiger partial charge on any atom is 0.130 e. The van der Waals surface area contributed by atoms with Crippen molar-refractivity contribution in [3.8, 4) is 11.5 Å². The number of nitrogens with zero attached hydrogens (tertiary/aromatic N) is 2. The second-order valence-corrected chi connectivity index (χ2v) is 8.75. The average Bonchev–Trinajstić information content (AvgIpc) is 2.77. The van der Waals surface area contributed by atoms with E-state index >= 15 is 0 Å². The molecule has 2 aromatic carbocycles. The Morgan fingerprint density at radius 3 is 2.28 bits per heavy atom. The molecule has 0 aromatic heterocycles. The first-order valence-corrected chi connectivity index (χ1v) is 11.4. The summed E-state index contributed by atoms with van der Waals surface area (Å²) >= 11 is 0. The molecule has 1 saturated carbocycles. The number of likely N-dealkylation sites (tertiary alicyclic amines) is 1. The minimum atomic E-state index is 0.735. The summed E-state index contributed by atoms with van der Waals surface area (Å²) in [4.78, 5) is 7.08. The predicted octanol–water partition coefficient (Wildman–Crippen LogP) is 7.29. The van der Waals surface area contributed by atoms with Gasteiger partial charge >= 0.3 is 0 Å². The molecule has 29 heavy (non-hydrogen) atoms. The van der Waals surface area contributed by atoms with Crippen LogP contribution in [0.2, 0.25) is 0 Å². The van der Waals surface area contributed by atoms with Crippen LogP contribution in [0.4, 0.5) is 5.69 Å².